The number of aromatic amines is 1. The summed E-state index contributed by atoms with van der Waals surface area (Å²) in [6.07, 6.45) is 1.41. The van der Waals surface area contributed by atoms with Crippen molar-refractivity contribution in [2.24, 2.45) is 0 Å². The highest BCUT2D eigenvalue weighted by Gasteiger charge is 2.07. The van der Waals surface area contributed by atoms with E-state index in [0.717, 1.165) is 12.4 Å². The molecule has 0 saturated heterocycles. The van der Waals surface area contributed by atoms with Crippen LogP contribution in [-0.4, -0.2) is 38.9 Å². The second-order valence-electron chi connectivity index (χ2n) is 3.38. The Morgan fingerprint density at radius 3 is 2.86 bits per heavy atom. The lowest BCUT2D eigenvalue weighted by molar-refractivity contribution is 0.392. The monoisotopic (exact) mass is 192 g/mol. The van der Waals surface area contributed by atoms with E-state index in [1.807, 2.05) is 19.0 Å². The van der Waals surface area contributed by atoms with Gasteiger partial charge >= 0.3 is 0 Å². The van der Waals surface area contributed by atoms with Crippen LogP contribution in [0.15, 0.2) is 6.33 Å². The number of aromatic nitrogens is 4. The summed E-state index contributed by atoms with van der Waals surface area (Å²) in [6.45, 7) is 0.732. The smallest absolute Gasteiger partial charge is 0.183 e. The maximum atomic E-state index is 5.66. The van der Waals surface area contributed by atoms with Crippen molar-refractivity contribution < 1.29 is 0 Å². The third kappa shape index (κ3) is 1.51. The summed E-state index contributed by atoms with van der Waals surface area (Å²) in [5, 5.41) is 0. The molecule has 2 aromatic heterocycles. The summed E-state index contributed by atoms with van der Waals surface area (Å²) in [4.78, 5) is 17.3. The molecule has 14 heavy (non-hydrogen) atoms. The summed E-state index contributed by atoms with van der Waals surface area (Å²) in [7, 11) is 3.95. The van der Waals surface area contributed by atoms with Crippen LogP contribution < -0.4 is 5.73 Å². The molecule has 0 bridgehead atoms. The molecule has 0 atom stereocenters. The van der Waals surface area contributed by atoms with Crippen LogP contribution in [0.5, 0.6) is 0 Å². The maximum Gasteiger partial charge on any atom is 0.183 e. The first kappa shape index (κ1) is 8.89. The quantitative estimate of drug-likeness (QED) is 0.699. The topological polar surface area (TPSA) is 83.7 Å². The zero-order valence-corrected chi connectivity index (χ0v) is 8.15. The van der Waals surface area contributed by atoms with Gasteiger partial charge in [-0.05, 0) is 14.1 Å². The highest BCUT2D eigenvalue weighted by molar-refractivity contribution is 5.80. The van der Waals surface area contributed by atoms with E-state index in [-0.39, 0.29) is 0 Å². The van der Waals surface area contributed by atoms with Crippen LogP contribution in [0.4, 0.5) is 5.82 Å². The third-order valence-corrected chi connectivity index (χ3v) is 1.83. The number of anilines is 1. The van der Waals surface area contributed by atoms with Crippen LogP contribution in [0.3, 0.4) is 0 Å². The fourth-order valence-corrected chi connectivity index (χ4v) is 1.27. The molecule has 6 heteroatoms. The zero-order valence-electron chi connectivity index (χ0n) is 8.15. The number of hydrogen-bond acceptors (Lipinski definition) is 5. The van der Waals surface area contributed by atoms with Crippen molar-refractivity contribution in [3.63, 3.8) is 0 Å². The first-order valence-electron chi connectivity index (χ1n) is 4.26. The van der Waals surface area contributed by atoms with E-state index in [9.17, 15) is 0 Å². The number of hydrogen-bond donors (Lipinski definition) is 2. The van der Waals surface area contributed by atoms with Crippen LogP contribution in [0, 0.1) is 0 Å². The van der Waals surface area contributed by atoms with Crippen molar-refractivity contribution >= 4 is 17.0 Å². The number of nitrogens with two attached hydrogens (primary N) is 1. The Kier molecular flexibility index (Phi) is 2.05. The second kappa shape index (κ2) is 3.22. The Labute approximate surface area is 81.2 Å². The normalized spacial score (nSPS) is 11.4. The van der Waals surface area contributed by atoms with Gasteiger partial charge in [-0.15, -0.1) is 0 Å². The molecular formula is C8H12N6. The Morgan fingerprint density at radius 1 is 1.43 bits per heavy atom. The molecule has 0 spiro atoms. The first-order valence-corrected chi connectivity index (χ1v) is 4.26. The van der Waals surface area contributed by atoms with E-state index >= 15 is 0 Å². The number of imidazole rings is 1. The van der Waals surface area contributed by atoms with Gasteiger partial charge in [0, 0.05) is 0 Å². The van der Waals surface area contributed by atoms with Crippen molar-refractivity contribution in [1.82, 2.24) is 24.8 Å². The number of fused-ring (bicyclic) bond motifs is 1. The first-order chi connectivity index (χ1) is 6.66. The SMILES string of the molecule is CN(C)Cc1nc2ncnc(N)c2[nH]1. The lowest BCUT2D eigenvalue weighted by atomic mass is 10.5. The molecular weight excluding hydrogens is 180 g/mol. The fraction of sp³-hybridized carbons (Fsp3) is 0.375. The zero-order chi connectivity index (χ0) is 10.1. The number of nitrogens with zero attached hydrogens (tertiary/aromatic N) is 4. The standard InChI is InChI=1S/C8H12N6/c1-14(2)3-5-12-6-7(9)10-4-11-8(6)13-5/h4H,3H2,1-2H3,(H3,9,10,11,12,13). The summed E-state index contributed by atoms with van der Waals surface area (Å²) < 4.78 is 0. The highest BCUT2D eigenvalue weighted by Crippen LogP contribution is 2.13. The third-order valence-electron chi connectivity index (χ3n) is 1.83. The molecule has 0 radical (unpaired) electrons. The van der Waals surface area contributed by atoms with Gasteiger partial charge in [-0.1, -0.05) is 0 Å². The summed E-state index contributed by atoms with van der Waals surface area (Å²) in [5.74, 6) is 1.28. The molecule has 0 aliphatic heterocycles. The van der Waals surface area contributed by atoms with Crippen LogP contribution in [-0.2, 0) is 6.54 Å². The lowest BCUT2D eigenvalue weighted by Gasteiger charge is -2.04. The van der Waals surface area contributed by atoms with Crippen molar-refractivity contribution in [3.05, 3.63) is 12.2 Å². The summed E-state index contributed by atoms with van der Waals surface area (Å²) >= 11 is 0. The number of H-pyrrole nitrogens is 1. The van der Waals surface area contributed by atoms with E-state index in [4.69, 9.17) is 5.73 Å². The van der Waals surface area contributed by atoms with E-state index in [2.05, 4.69) is 19.9 Å². The summed E-state index contributed by atoms with van der Waals surface area (Å²) in [5.41, 5.74) is 7.00. The fourth-order valence-electron chi connectivity index (χ4n) is 1.27. The molecule has 3 N–H and O–H groups in total. The van der Waals surface area contributed by atoms with Gasteiger partial charge in [0.15, 0.2) is 11.5 Å². The molecule has 2 heterocycles. The molecule has 2 rings (SSSR count). The van der Waals surface area contributed by atoms with Crippen molar-refractivity contribution in [2.75, 3.05) is 19.8 Å². The molecule has 0 aliphatic rings. The molecule has 0 amide bonds. The minimum absolute atomic E-state index is 0.438. The van der Waals surface area contributed by atoms with E-state index in [1.165, 1.54) is 6.33 Å². The van der Waals surface area contributed by atoms with Gasteiger partial charge in [0.1, 0.15) is 17.7 Å². The molecule has 0 fully saturated rings. The van der Waals surface area contributed by atoms with Crippen LogP contribution in [0.2, 0.25) is 0 Å². The molecule has 2 aromatic rings. The average Bonchev–Trinajstić information content (AvgIpc) is 2.47. The second-order valence-corrected chi connectivity index (χ2v) is 3.38. The minimum Gasteiger partial charge on any atom is -0.382 e. The van der Waals surface area contributed by atoms with Crippen molar-refractivity contribution in [2.45, 2.75) is 6.54 Å². The number of nitrogens with one attached hydrogen (secondary N) is 1. The lowest BCUT2D eigenvalue weighted by Crippen LogP contribution is -2.11. The molecule has 0 aromatic carbocycles. The van der Waals surface area contributed by atoms with Gasteiger partial charge in [-0.3, -0.25) is 0 Å². The minimum atomic E-state index is 0.438. The number of rotatable bonds is 2. The molecule has 6 nitrogen and oxygen atoms in total. The van der Waals surface area contributed by atoms with Crippen molar-refractivity contribution in [3.8, 4) is 0 Å². The van der Waals surface area contributed by atoms with Gasteiger partial charge in [0.25, 0.3) is 0 Å². The molecule has 0 saturated carbocycles. The number of nitrogen functional groups attached to an aromatic ring is 1. The van der Waals surface area contributed by atoms with Gasteiger partial charge in [0.05, 0.1) is 6.54 Å². The van der Waals surface area contributed by atoms with Gasteiger partial charge in [-0.2, -0.15) is 0 Å². The predicted octanol–water partition coefficient (Wildman–Crippen LogP) is -0.00330. The molecule has 0 unspecified atom stereocenters. The van der Waals surface area contributed by atoms with Crippen LogP contribution >= 0.6 is 0 Å². The van der Waals surface area contributed by atoms with Gasteiger partial charge < -0.3 is 15.6 Å². The Hall–Kier alpha value is -1.69. The predicted molar refractivity (Wildman–Crippen MR) is 53.5 cm³/mol. The van der Waals surface area contributed by atoms with Gasteiger partial charge in [0.2, 0.25) is 0 Å². The van der Waals surface area contributed by atoms with Gasteiger partial charge in [-0.25, -0.2) is 15.0 Å². The average molecular weight is 192 g/mol. The summed E-state index contributed by atoms with van der Waals surface area (Å²) in [6, 6.07) is 0. The Balaban J connectivity index is 2.46. The van der Waals surface area contributed by atoms with E-state index in [0.29, 0.717) is 17.0 Å². The van der Waals surface area contributed by atoms with E-state index in [1.54, 1.807) is 0 Å². The van der Waals surface area contributed by atoms with Crippen molar-refractivity contribution in [1.29, 1.82) is 0 Å². The molecule has 0 aliphatic carbocycles. The van der Waals surface area contributed by atoms with E-state index < -0.39 is 0 Å². The highest BCUT2D eigenvalue weighted by atomic mass is 15.1. The van der Waals surface area contributed by atoms with Crippen LogP contribution in [0.1, 0.15) is 5.82 Å². The Morgan fingerprint density at radius 2 is 2.21 bits per heavy atom. The Bertz CT molecular complexity index is 446. The largest absolute Gasteiger partial charge is 0.382 e. The maximum absolute atomic E-state index is 5.66. The molecule has 74 valence electrons. The van der Waals surface area contributed by atoms with Crippen LogP contribution in [0.25, 0.3) is 11.2 Å².